The van der Waals surface area contributed by atoms with Crippen LogP contribution in [0.1, 0.15) is 12.6 Å². The van der Waals surface area contributed by atoms with E-state index >= 15 is 0 Å². The number of thiazole rings is 1. The van der Waals surface area contributed by atoms with E-state index in [-0.39, 0.29) is 35.4 Å². The minimum absolute atomic E-state index is 0.155. The van der Waals surface area contributed by atoms with Crippen molar-refractivity contribution in [1.29, 1.82) is 0 Å². The Bertz CT molecular complexity index is 1210. The molecule has 2 aromatic rings. The number of hydrogen-bond donors (Lipinski definition) is 2. The number of oxime groups is 1. The van der Waals surface area contributed by atoms with Crippen molar-refractivity contribution in [2.24, 2.45) is 5.16 Å². The minimum Gasteiger partial charge on any atom is -0.543 e. The zero-order chi connectivity index (χ0) is 24.9. The lowest BCUT2D eigenvalue weighted by Gasteiger charge is -2.50. The third-order valence-electron chi connectivity index (χ3n) is 5.11. The summed E-state index contributed by atoms with van der Waals surface area (Å²) >= 11 is 2.43. The number of pyridine rings is 1. The number of aromatic nitrogens is 2. The molecule has 1 unspecified atom stereocenters. The number of aliphatic carboxylic acids is 1. The van der Waals surface area contributed by atoms with Gasteiger partial charge in [0.1, 0.15) is 23.7 Å². The summed E-state index contributed by atoms with van der Waals surface area (Å²) in [6.45, 7) is 2.17. The molecular formula is C21H20N6O6S2. The first-order chi connectivity index (χ1) is 16.9. The van der Waals surface area contributed by atoms with Crippen LogP contribution in [-0.2, 0) is 30.6 Å². The van der Waals surface area contributed by atoms with Crippen molar-refractivity contribution in [2.75, 3.05) is 17.7 Å². The van der Waals surface area contributed by atoms with Gasteiger partial charge in [0.2, 0.25) is 6.41 Å². The Hall–Kier alpha value is -3.78. The summed E-state index contributed by atoms with van der Waals surface area (Å²) in [5.41, 5.74) is 0.346. The van der Waals surface area contributed by atoms with E-state index in [9.17, 15) is 24.3 Å². The number of rotatable bonds is 10. The van der Waals surface area contributed by atoms with Crippen LogP contribution < -0.4 is 20.3 Å². The van der Waals surface area contributed by atoms with Crippen LogP contribution in [0.5, 0.6) is 0 Å². The van der Waals surface area contributed by atoms with Gasteiger partial charge in [-0.1, -0.05) is 11.2 Å². The van der Waals surface area contributed by atoms with Crippen LogP contribution in [0.4, 0.5) is 5.13 Å². The molecule has 1 saturated heterocycles. The van der Waals surface area contributed by atoms with Gasteiger partial charge in [-0.15, -0.1) is 23.1 Å². The van der Waals surface area contributed by atoms with Crippen LogP contribution in [0, 0.1) is 0 Å². The van der Waals surface area contributed by atoms with Gasteiger partial charge < -0.3 is 25.4 Å². The second-order valence-corrected chi connectivity index (χ2v) is 9.27. The summed E-state index contributed by atoms with van der Waals surface area (Å²) in [4.78, 5) is 58.8. The van der Waals surface area contributed by atoms with Gasteiger partial charge >= 0.3 is 0 Å². The lowest BCUT2D eigenvalue weighted by Crippen LogP contribution is -2.71. The van der Waals surface area contributed by atoms with Crippen molar-refractivity contribution >= 4 is 58.1 Å². The first kappa shape index (κ1) is 24.3. The molecule has 2 N–H and O–H groups in total. The molecule has 14 heteroatoms. The van der Waals surface area contributed by atoms with Crippen LogP contribution in [0.3, 0.4) is 0 Å². The fraction of sp³-hybridized carbons (Fsp3) is 0.286. The van der Waals surface area contributed by atoms with E-state index in [1.165, 1.54) is 17.1 Å². The Morgan fingerprint density at radius 1 is 1.37 bits per heavy atom. The molecular weight excluding hydrogens is 496 g/mol. The van der Waals surface area contributed by atoms with Crippen molar-refractivity contribution in [1.82, 2.24) is 15.2 Å². The molecule has 12 nitrogen and oxygen atoms in total. The van der Waals surface area contributed by atoms with Gasteiger partial charge in [0.05, 0.1) is 11.7 Å². The maximum Gasteiger partial charge on any atom is 0.276 e. The van der Waals surface area contributed by atoms with Gasteiger partial charge in [-0.2, -0.15) is 0 Å². The molecule has 0 saturated carbocycles. The first-order valence-electron chi connectivity index (χ1n) is 10.4. The van der Waals surface area contributed by atoms with E-state index in [0.29, 0.717) is 17.7 Å². The number of carbonyl (C=O) groups excluding carboxylic acids is 4. The molecule has 2 aliphatic rings. The molecule has 3 amide bonds. The number of nitrogens with zero attached hydrogens (tertiary/aromatic N) is 4. The monoisotopic (exact) mass is 516 g/mol. The summed E-state index contributed by atoms with van der Waals surface area (Å²) in [7, 11) is 0. The third-order valence-corrected chi connectivity index (χ3v) is 7.22. The molecule has 0 aromatic carbocycles. The second kappa shape index (κ2) is 10.7. The molecule has 4 rings (SSSR count). The fourth-order valence-corrected chi connectivity index (χ4v) is 5.59. The number of fused-ring (bicyclic) bond motifs is 1. The molecule has 2 atom stereocenters. The number of carboxylic acid groups (broad SMARTS) is 1. The van der Waals surface area contributed by atoms with Crippen LogP contribution >= 0.6 is 23.1 Å². The number of carboxylic acids is 1. The van der Waals surface area contributed by atoms with Gasteiger partial charge in [-0.05, 0) is 6.92 Å². The smallest absolute Gasteiger partial charge is 0.276 e. The minimum atomic E-state index is -1.45. The summed E-state index contributed by atoms with van der Waals surface area (Å²) in [6.07, 6.45) is 4.05. The number of hydrogen-bond acceptors (Lipinski definition) is 10. The highest BCUT2D eigenvalue weighted by Crippen LogP contribution is 2.40. The van der Waals surface area contributed by atoms with E-state index in [4.69, 9.17) is 4.84 Å². The molecule has 0 radical (unpaired) electrons. The topological polar surface area (TPSA) is 157 Å². The van der Waals surface area contributed by atoms with Gasteiger partial charge in [-0.25, -0.2) is 9.55 Å². The lowest BCUT2D eigenvalue weighted by molar-refractivity contribution is -0.689. The highest BCUT2D eigenvalue weighted by molar-refractivity contribution is 8.00. The van der Waals surface area contributed by atoms with E-state index in [0.717, 1.165) is 16.2 Å². The normalized spacial score (nSPS) is 19.5. The maximum atomic E-state index is 13.0. The van der Waals surface area contributed by atoms with E-state index in [1.807, 2.05) is 18.2 Å². The number of carbonyl (C=O) groups is 4. The number of thioether (sulfide) groups is 1. The lowest BCUT2D eigenvalue weighted by atomic mass is 10.0. The predicted octanol–water partition coefficient (Wildman–Crippen LogP) is -1.16. The number of anilines is 1. The zero-order valence-corrected chi connectivity index (χ0v) is 20.0. The summed E-state index contributed by atoms with van der Waals surface area (Å²) in [6, 6.07) is 4.52. The fourth-order valence-electron chi connectivity index (χ4n) is 3.60. The van der Waals surface area contributed by atoms with E-state index in [1.54, 1.807) is 23.9 Å². The Morgan fingerprint density at radius 3 is 2.83 bits per heavy atom. The predicted molar refractivity (Wildman–Crippen MR) is 124 cm³/mol. The van der Waals surface area contributed by atoms with Gasteiger partial charge in [0.25, 0.3) is 11.8 Å². The Morgan fingerprint density at radius 2 is 2.14 bits per heavy atom. The Labute approximate surface area is 207 Å². The quantitative estimate of drug-likeness (QED) is 0.132. The van der Waals surface area contributed by atoms with Crippen molar-refractivity contribution in [3.8, 4) is 0 Å². The van der Waals surface area contributed by atoms with Crippen LogP contribution in [0.25, 0.3) is 0 Å². The molecule has 1 fully saturated rings. The third kappa shape index (κ3) is 5.02. The Kier molecular flexibility index (Phi) is 7.41. The summed E-state index contributed by atoms with van der Waals surface area (Å²) in [5.74, 6) is -2.39. The van der Waals surface area contributed by atoms with Gasteiger partial charge in [-0.3, -0.25) is 19.3 Å². The first-order valence-corrected chi connectivity index (χ1v) is 12.4. The zero-order valence-electron chi connectivity index (χ0n) is 18.4. The van der Waals surface area contributed by atoms with E-state index < -0.39 is 29.2 Å². The van der Waals surface area contributed by atoms with E-state index in [2.05, 4.69) is 20.8 Å². The maximum absolute atomic E-state index is 13.0. The SMILES string of the molecule is CCO/N=C(\C(=O)NC1C(=O)N2C(C(=O)[O-])=C(C[n+]3ccccc3)CS[C@H]12)c1csc(NC=O)n1. The Balaban J connectivity index is 1.52. The van der Waals surface area contributed by atoms with Crippen molar-refractivity contribution < 1.29 is 33.7 Å². The van der Waals surface area contributed by atoms with Gasteiger partial charge in [0, 0.05) is 28.8 Å². The average Bonchev–Trinajstić information content (AvgIpc) is 3.31. The number of nitrogens with one attached hydrogen (secondary N) is 2. The van der Waals surface area contributed by atoms with Crippen molar-refractivity contribution in [3.63, 3.8) is 0 Å². The largest absolute Gasteiger partial charge is 0.543 e. The van der Waals surface area contributed by atoms with Crippen LogP contribution in [-0.4, -0.2) is 63.6 Å². The van der Waals surface area contributed by atoms with Crippen LogP contribution in [0.15, 0.2) is 52.4 Å². The highest BCUT2D eigenvalue weighted by Gasteiger charge is 2.53. The molecule has 2 aromatic heterocycles. The molecule has 0 bridgehead atoms. The highest BCUT2D eigenvalue weighted by atomic mass is 32.2. The standard InChI is InChI=1S/C21H20N6O6S2/c1-2-33-25-14(13-10-35-21(23-13)22-11-28)17(29)24-15-18(30)27-16(20(31)32)12(9-34-19(15)27)8-26-6-4-3-5-7-26/h3-7,10-11,15,19H,2,8-9H2,1H3,(H2-,22,23,24,28,29,31,32)/b25-14-/t15?,19-/m1/s1. The average molecular weight is 517 g/mol. The summed E-state index contributed by atoms with van der Waals surface area (Å²) < 4.78 is 1.81. The number of β-lactam (4-membered cyclic amide) rings is 1. The molecule has 0 spiro atoms. The molecule has 0 aliphatic carbocycles. The second-order valence-electron chi connectivity index (χ2n) is 7.31. The van der Waals surface area contributed by atoms with Crippen LogP contribution in [0.2, 0.25) is 0 Å². The molecule has 35 heavy (non-hydrogen) atoms. The molecule has 182 valence electrons. The summed E-state index contributed by atoms with van der Waals surface area (Å²) in [5, 5.41) is 21.9. The molecule has 2 aliphatic heterocycles. The number of amides is 3. The van der Waals surface area contributed by atoms with Crippen molar-refractivity contribution in [3.05, 3.63) is 52.9 Å². The van der Waals surface area contributed by atoms with Crippen molar-refractivity contribution in [2.45, 2.75) is 24.9 Å². The molecule has 4 heterocycles. The van der Waals surface area contributed by atoms with Gasteiger partial charge in [0.15, 0.2) is 29.8 Å².